The van der Waals surface area contributed by atoms with Gasteiger partial charge in [-0.15, -0.1) is 0 Å². The van der Waals surface area contributed by atoms with Crippen LogP contribution in [0.5, 0.6) is 0 Å². The summed E-state index contributed by atoms with van der Waals surface area (Å²) >= 11 is 0. The van der Waals surface area contributed by atoms with E-state index in [9.17, 15) is 10.1 Å². The quantitative estimate of drug-likeness (QED) is 0.424. The van der Waals surface area contributed by atoms with E-state index >= 15 is 0 Å². The fourth-order valence-electron chi connectivity index (χ4n) is 0.897. The van der Waals surface area contributed by atoms with E-state index in [2.05, 4.69) is 0 Å². The summed E-state index contributed by atoms with van der Waals surface area (Å²) in [7, 11) is 0. The van der Waals surface area contributed by atoms with Gasteiger partial charge >= 0.3 is 0 Å². The van der Waals surface area contributed by atoms with E-state index in [1.54, 1.807) is 6.08 Å². The number of rotatable bonds is 2. The van der Waals surface area contributed by atoms with Crippen LogP contribution in [0.15, 0.2) is 12.3 Å². The van der Waals surface area contributed by atoms with Crippen molar-refractivity contribution in [2.75, 3.05) is 13.2 Å². The van der Waals surface area contributed by atoms with Crippen LogP contribution in [-0.4, -0.2) is 18.1 Å². The Labute approximate surface area is 58.6 Å². The zero-order chi connectivity index (χ0) is 7.40. The SMILES string of the molecule is O=[N+]([O-])/C=C/[C@@H]1CCOC1. The summed E-state index contributed by atoms with van der Waals surface area (Å²) in [4.78, 5) is 9.39. The summed E-state index contributed by atoms with van der Waals surface area (Å²) in [5.41, 5.74) is 0. The molecule has 1 atom stereocenters. The maximum atomic E-state index is 9.83. The summed E-state index contributed by atoms with van der Waals surface area (Å²) < 4.78 is 5.02. The Morgan fingerprint density at radius 1 is 1.70 bits per heavy atom. The standard InChI is InChI=1S/C6H9NO3/c8-7(9)3-1-6-2-4-10-5-6/h1,3,6H,2,4-5H2/b3-1+/t6-/m1/s1. The molecule has 0 N–H and O–H groups in total. The van der Waals surface area contributed by atoms with Crippen molar-refractivity contribution < 1.29 is 9.66 Å². The van der Waals surface area contributed by atoms with Gasteiger partial charge in [0.1, 0.15) is 0 Å². The maximum Gasteiger partial charge on any atom is 0.230 e. The minimum absolute atomic E-state index is 0.255. The van der Waals surface area contributed by atoms with Crippen LogP contribution < -0.4 is 0 Å². The van der Waals surface area contributed by atoms with Crippen LogP contribution in [0, 0.1) is 16.0 Å². The van der Waals surface area contributed by atoms with Crippen molar-refractivity contribution in [3.63, 3.8) is 0 Å². The lowest BCUT2D eigenvalue weighted by Gasteiger charge is -1.93. The first-order chi connectivity index (χ1) is 4.79. The van der Waals surface area contributed by atoms with Crippen molar-refractivity contribution in [3.8, 4) is 0 Å². The summed E-state index contributed by atoms with van der Waals surface area (Å²) in [6.45, 7) is 1.36. The van der Waals surface area contributed by atoms with E-state index in [1.807, 2.05) is 0 Å². The van der Waals surface area contributed by atoms with Crippen molar-refractivity contribution in [2.45, 2.75) is 6.42 Å². The molecule has 0 radical (unpaired) electrons. The summed E-state index contributed by atoms with van der Waals surface area (Å²) in [6.07, 6.45) is 3.48. The number of hydrogen-bond acceptors (Lipinski definition) is 3. The average Bonchev–Trinajstić information content (AvgIpc) is 2.34. The van der Waals surface area contributed by atoms with Gasteiger partial charge in [-0.3, -0.25) is 10.1 Å². The van der Waals surface area contributed by atoms with Gasteiger partial charge in [0.25, 0.3) is 0 Å². The first kappa shape index (κ1) is 7.21. The largest absolute Gasteiger partial charge is 0.381 e. The first-order valence-electron chi connectivity index (χ1n) is 3.18. The Bertz CT molecular complexity index is 149. The lowest BCUT2D eigenvalue weighted by molar-refractivity contribution is -0.402. The molecule has 0 bridgehead atoms. The van der Waals surface area contributed by atoms with Crippen LogP contribution in [0.25, 0.3) is 0 Å². The third kappa shape index (κ3) is 2.14. The van der Waals surface area contributed by atoms with Gasteiger partial charge < -0.3 is 4.74 Å². The molecule has 1 aliphatic heterocycles. The van der Waals surface area contributed by atoms with Crippen molar-refractivity contribution in [1.82, 2.24) is 0 Å². The molecule has 4 heteroatoms. The van der Waals surface area contributed by atoms with Crippen LogP contribution >= 0.6 is 0 Å². The lowest BCUT2D eigenvalue weighted by Crippen LogP contribution is -1.95. The normalized spacial score (nSPS) is 25.8. The fourth-order valence-corrected chi connectivity index (χ4v) is 0.897. The van der Waals surface area contributed by atoms with E-state index in [4.69, 9.17) is 4.74 Å². The van der Waals surface area contributed by atoms with Gasteiger partial charge in [0.2, 0.25) is 6.20 Å². The molecule has 1 fully saturated rings. The van der Waals surface area contributed by atoms with Crippen molar-refractivity contribution in [1.29, 1.82) is 0 Å². The van der Waals surface area contributed by atoms with Gasteiger partial charge in [0.05, 0.1) is 11.5 Å². The van der Waals surface area contributed by atoms with E-state index < -0.39 is 4.92 Å². The Kier molecular flexibility index (Phi) is 2.39. The molecule has 1 rings (SSSR count). The van der Waals surface area contributed by atoms with Crippen LogP contribution in [0.1, 0.15) is 6.42 Å². The minimum Gasteiger partial charge on any atom is -0.381 e. The van der Waals surface area contributed by atoms with Gasteiger partial charge in [0.15, 0.2) is 0 Å². The van der Waals surface area contributed by atoms with E-state index in [0.717, 1.165) is 19.2 Å². The van der Waals surface area contributed by atoms with E-state index in [0.29, 0.717) is 6.61 Å². The van der Waals surface area contributed by atoms with E-state index in [-0.39, 0.29) is 5.92 Å². The first-order valence-corrected chi connectivity index (χ1v) is 3.18. The molecule has 10 heavy (non-hydrogen) atoms. The average molecular weight is 143 g/mol. The van der Waals surface area contributed by atoms with Crippen LogP contribution in [-0.2, 0) is 4.74 Å². The molecule has 0 saturated carbocycles. The Hall–Kier alpha value is -0.900. The minimum atomic E-state index is -0.446. The monoisotopic (exact) mass is 143 g/mol. The third-order valence-electron chi connectivity index (χ3n) is 1.44. The molecule has 1 heterocycles. The lowest BCUT2D eigenvalue weighted by atomic mass is 10.1. The summed E-state index contributed by atoms with van der Waals surface area (Å²) in [5, 5.41) is 9.83. The van der Waals surface area contributed by atoms with Crippen molar-refractivity contribution >= 4 is 0 Å². The smallest absolute Gasteiger partial charge is 0.230 e. The van der Waals surface area contributed by atoms with E-state index in [1.165, 1.54) is 0 Å². The van der Waals surface area contributed by atoms with Gasteiger partial charge in [-0.1, -0.05) is 0 Å². The predicted molar refractivity (Wildman–Crippen MR) is 35.1 cm³/mol. The fraction of sp³-hybridized carbons (Fsp3) is 0.667. The molecule has 0 spiro atoms. The van der Waals surface area contributed by atoms with Crippen molar-refractivity contribution in [3.05, 3.63) is 22.4 Å². The molecule has 1 saturated heterocycles. The molecule has 0 amide bonds. The van der Waals surface area contributed by atoms with Gasteiger partial charge in [-0.25, -0.2) is 0 Å². The highest BCUT2D eigenvalue weighted by molar-refractivity contribution is 4.84. The van der Waals surface area contributed by atoms with Crippen LogP contribution in [0.4, 0.5) is 0 Å². The second-order valence-corrected chi connectivity index (χ2v) is 2.25. The number of nitro groups is 1. The second kappa shape index (κ2) is 3.31. The van der Waals surface area contributed by atoms with Crippen LogP contribution in [0.2, 0.25) is 0 Å². The molecule has 0 aliphatic carbocycles. The molecule has 56 valence electrons. The predicted octanol–water partition coefficient (Wildman–Crippen LogP) is 0.813. The number of nitrogens with zero attached hydrogens (tertiary/aromatic N) is 1. The zero-order valence-electron chi connectivity index (χ0n) is 5.53. The molecule has 4 nitrogen and oxygen atoms in total. The third-order valence-corrected chi connectivity index (χ3v) is 1.44. The van der Waals surface area contributed by atoms with Crippen molar-refractivity contribution in [2.24, 2.45) is 5.92 Å². The summed E-state index contributed by atoms with van der Waals surface area (Å²) in [5.74, 6) is 0.255. The van der Waals surface area contributed by atoms with Crippen LogP contribution in [0.3, 0.4) is 0 Å². The molecule has 1 aliphatic rings. The molecule has 0 aromatic heterocycles. The maximum absolute atomic E-state index is 9.83. The topological polar surface area (TPSA) is 52.4 Å². The highest BCUT2D eigenvalue weighted by atomic mass is 16.6. The molecular weight excluding hydrogens is 134 g/mol. The molecule has 0 aromatic rings. The molecule has 0 unspecified atom stereocenters. The highest BCUT2D eigenvalue weighted by Crippen LogP contribution is 2.12. The second-order valence-electron chi connectivity index (χ2n) is 2.25. The number of hydrogen-bond donors (Lipinski definition) is 0. The Balaban J connectivity index is 2.29. The molecular formula is C6H9NO3. The van der Waals surface area contributed by atoms with Gasteiger partial charge in [-0.05, 0) is 12.5 Å². The summed E-state index contributed by atoms with van der Waals surface area (Å²) in [6, 6.07) is 0. The Morgan fingerprint density at radius 3 is 3.00 bits per heavy atom. The Morgan fingerprint density at radius 2 is 2.50 bits per heavy atom. The highest BCUT2D eigenvalue weighted by Gasteiger charge is 2.12. The zero-order valence-corrected chi connectivity index (χ0v) is 5.53. The van der Waals surface area contributed by atoms with Gasteiger partial charge in [-0.2, -0.15) is 0 Å². The van der Waals surface area contributed by atoms with Gasteiger partial charge in [0, 0.05) is 12.5 Å². The molecule has 0 aromatic carbocycles. The number of ether oxygens (including phenoxy) is 1.